The molecule has 3 nitrogen and oxygen atoms in total. The molecule has 116 valence electrons. The lowest BCUT2D eigenvalue weighted by Crippen LogP contribution is -2.44. The second-order valence-electron chi connectivity index (χ2n) is 6.39. The fourth-order valence-corrected chi connectivity index (χ4v) is 2.94. The molecular formula is C18H28N2O. The molecular weight excluding hydrogens is 260 g/mol. The molecule has 1 aliphatic rings. The highest BCUT2D eigenvalue weighted by Gasteiger charge is 2.19. The predicted octanol–water partition coefficient (Wildman–Crippen LogP) is 3.35. The third kappa shape index (κ3) is 5.50. The smallest absolute Gasteiger partial charge is 0.234 e. The summed E-state index contributed by atoms with van der Waals surface area (Å²) in [6.45, 7) is 5.62. The van der Waals surface area contributed by atoms with Gasteiger partial charge in [-0.15, -0.1) is 0 Å². The van der Waals surface area contributed by atoms with Crippen LogP contribution >= 0.6 is 0 Å². The van der Waals surface area contributed by atoms with Crippen LogP contribution in [0.15, 0.2) is 30.3 Å². The summed E-state index contributed by atoms with van der Waals surface area (Å²) in [5.74, 6) is 0.173. The van der Waals surface area contributed by atoms with E-state index in [1.807, 2.05) is 6.07 Å². The molecule has 1 N–H and O–H groups in total. The molecule has 21 heavy (non-hydrogen) atoms. The number of nitrogens with zero attached hydrogens (tertiary/aromatic N) is 1. The Morgan fingerprint density at radius 2 is 1.86 bits per heavy atom. The van der Waals surface area contributed by atoms with Gasteiger partial charge in [0, 0.05) is 18.6 Å². The molecule has 1 saturated carbocycles. The highest BCUT2D eigenvalue weighted by Crippen LogP contribution is 2.17. The van der Waals surface area contributed by atoms with Crippen LogP contribution in [0, 0.1) is 0 Å². The minimum atomic E-state index is 0.173. The fraction of sp³-hybridized carbons (Fsp3) is 0.611. The average Bonchev–Trinajstić information content (AvgIpc) is 2.48. The first-order valence-corrected chi connectivity index (χ1v) is 8.22. The van der Waals surface area contributed by atoms with Gasteiger partial charge in [0.05, 0.1) is 6.54 Å². The van der Waals surface area contributed by atoms with Crippen molar-refractivity contribution in [1.82, 2.24) is 10.2 Å². The Morgan fingerprint density at radius 1 is 1.19 bits per heavy atom. The Morgan fingerprint density at radius 3 is 2.48 bits per heavy atom. The molecule has 1 amide bonds. The molecule has 1 fully saturated rings. The third-order valence-electron chi connectivity index (χ3n) is 4.28. The van der Waals surface area contributed by atoms with E-state index >= 15 is 0 Å². The van der Waals surface area contributed by atoms with Crippen LogP contribution in [-0.2, 0) is 11.3 Å². The lowest BCUT2D eigenvalue weighted by molar-refractivity contribution is -0.123. The second kappa shape index (κ2) is 8.18. The standard InChI is InChI=1S/C18H28N2O/c1-15(2)20(13-16-9-5-3-6-10-16)14-18(21)19-17-11-7-4-8-12-17/h3,5-6,9-10,15,17H,4,7-8,11-14H2,1-2H3,(H,19,21). The zero-order chi connectivity index (χ0) is 15.1. The number of benzene rings is 1. The third-order valence-corrected chi connectivity index (χ3v) is 4.28. The summed E-state index contributed by atoms with van der Waals surface area (Å²) in [6.07, 6.45) is 6.11. The van der Waals surface area contributed by atoms with Crippen LogP contribution in [0.2, 0.25) is 0 Å². The molecule has 1 aliphatic carbocycles. The number of rotatable bonds is 6. The number of carbonyl (C=O) groups is 1. The molecule has 1 aromatic rings. The van der Waals surface area contributed by atoms with Gasteiger partial charge in [0.2, 0.25) is 5.91 Å². The molecule has 0 aliphatic heterocycles. The van der Waals surface area contributed by atoms with Gasteiger partial charge in [0.1, 0.15) is 0 Å². The Labute approximate surface area is 128 Å². The van der Waals surface area contributed by atoms with Crippen LogP contribution in [0.4, 0.5) is 0 Å². The SMILES string of the molecule is CC(C)N(CC(=O)NC1CCCCC1)Cc1ccccc1. The van der Waals surface area contributed by atoms with Gasteiger partial charge < -0.3 is 5.32 Å². The van der Waals surface area contributed by atoms with Gasteiger partial charge in [-0.2, -0.15) is 0 Å². The van der Waals surface area contributed by atoms with Crippen LogP contribution < -0.4 is 5.32 Å². The van der Waals surface area contributed by atoms with Crippen molar-refractivity contribution in [3.8, 4) is 0 Å². The van der Waals surface area contributed by atoms with Crippen molar-refractivity contribution in [2.24, 2.45) is 0 Å². The summed E-state index contributed by atoms with van der Waals surface area (Å²) < 4.78 is 0. The maximum atomic E-state index is 12.3. The van der Waals surface area contributed by atoms with Gasteiger partial charge in [-0.05, 0) is 32.3 Å². The van der Waals surface area contributed by atoms with E-state index in [2.05, 4.69) is 48.3 Å². The first-order chi connectivity index (χ1) is 10.1. The summed E-state index contributed by atoms with van der Waals surface area (Å²) in [7, 11) is 0. The lowest BCUT2D eigenvalue weighted by atomic mass is 9.95. The minimum Gasteiger partial charge on any atom is -0.352 e. The summed E-state index contributed by atoms with van der Waals surface area (Å²) in [5, 5.41) is 3.21. The van der Waals surface area contributed by atoms with E-state index in [1.165, 1.54) is 24.8 Å². The van der Waals surface area contributed by atoms with Gasteiger partial charge in [-0.25, -0.2) is 0 Å². The lowest BCUT2D eigenvalue weighted by Gasteiger charge is -2.28. The Kier molecular flexibility index (Phi) is 6.24. The Hall–Kier alpha value is -1.35. The second-order valence-corrected chi connectivity index (χ2v) is 6.39. The van der Waals surface area contributed by atoms with Crippen molar-refractivity contribution >= 4 is 5.91 Å². The van der Waals surface area contributed by atoms with Crippen molar-refractivity contribution in [2.45, 2.75) is 64.6 Å². The number of amides is 1. The van der Waals surface area contributed by atoms with E-state index in [0.717, 1.165) is 19.4 Å². The van der Waals surface area contributed by atoms with Gasteiger partial charge in [-0.3, -0.25) is 9.69 Å². The quantitative estimate of drug-likeness (QED) is 0.870. The number of nitrogens with one attached hydrogen (secondary N) is 1. The van der Waals surface area contributed by atoms with Crippen molar-refractivity contribution in [1.29, 1.82) is 0 Å². The van der Waals surface area contributed by atoms with E-state index < -0.39 is 0 Å². The van der Waals surface area contributed by atoms with E-state index in [9.17, 15) is 4.79 Å². The van der Waals surface area contributed by atoms with Gasteiger partial charge >= 0.3 is 0 Å². The fourth-order valence-electron chi connectivity index (χ4n) is 2.94. The Balaban J connectivity index is 1.85. The minimum absolute atomic E-state index is 0.173. The normalized spacial score (nSPS) is 16.4. The van der Waals surface area contributed by atoms with Crippen LogP contribution in [-0.4, -0.2) is 29.4 Å². The van der Waals surface area contributed by atoms with Gasteiger partial charge in [0.25, 0.3) is 0 Å². The zero-order valence-corrected chi connectivity index (χ0v) is 13.3. The molecule has 0 spiro atoms. The molecule has 0 radical (unpaired) electrons. The molecule has 0 heterocycles. The predicted molar refractivity (Wildman–Crippen MR) is 87.0 cm³/mol. The monoisotopic (exact) mass is 288 g/mol. The topological polar surface area (TPSA) is 32.3 Å². The van der Waals surface area contributed by atoms with E-state index in [4.69, 9.17) is 0 Å². The van der Waals surface area contributed by atoms with Crippen LogP contribution in [0.25, 0.3) is 0 Å². The highest BCUT2D eigenvalue weighted by atomic mass is 16.2. The van der Waals surface area contributed by atoms with E-state index in [0.29, 0.717) is 18.6 Å². The van der Waals surface area contributed by atoms with Crippen molar-refractivity contribution in [3.05, 3.63) is 35.9 Å². The first-order valence-electron chi connectivity index (χ1n) is 8.22. The molecule has 0 aromatic heterocycles. The highest BCUT2D eigenvalue weighted by molar-refractivity contribution is 5.78. The van der Waals surface area contributed by atoms with Crippen LogP contribution in [0.1, 0.15) is 51.5 Å². The van der Waals surface area contributed by atoms with E-state index in [1.54, 1.807) is 0 Å². The molecule has 3 heteroatoms. The van der Waals surface area contributed by atoms with Gasteiger partial charge in [-0.1, -0.05) is 49.6 Å². The summed E-state index contributed by atoms with van der Waals surface area (Å²) in [6, 6.07) is 11.1. The van der Waals surface area contributed by atoms with Gasteiger partial charge in [0.15, 0.2) is 0 Å². The molecule has 2 rings (SSSR count). The van der Waals surface area contributed by atoms with Crippen molar-refractivity contribution in [3.63, 3.8) is 0 Å². The van der Waals surface area contributed by atoms with Crippen LogP contribution in [0.3, 0.4) is 0 Å². The number of hydrogen-bond donors (Lipinski definition) is 1. The molecule has 0 unspecified atom stereocenters. The summed E-state index contributed by atoms with van der Waals surface area (Å²) in [5.41, 5.74) is 1.26. The van der Waals surface area contributed by atoms with Crippen molar-refractivity contribution in [2.75, 3.05) is 6.54 Å². The number of carbonyl (C=O) groups excluding carboxylic acids is 1. The Bertz CT molecular complexity index is 424. The summed E-state index contributed by atoms with van der Waals surface area (Å²) in [4.78, 5) is 14.5. The molecule has 0 saturated heterocycles. The summed E-state index contributed by atoms with van der Waals surface area (Å²) >= 11 is 0. The molecule has 0 atom stereocenters. The molecule has 1 aromatic carbocycles. The van der Waals surface area contributed by atoms with Crippen LogP contribution in [0.5, 0.6) is 0 Å². The zero-order valence-electron chi connectivity index (χ0n) is 13.3. The largest absolute Gasteiger partial charge is 0.352 e. The maximum Gasteiger partial charge on any atom is 0.234 e. The first kappa shape index (κ1) is 16.0. The average molecular weight is 288 g/mol. The van der Waals surface area contributed by atoms with Crippen molar-refractivity contribution < 1.29 is 4.79 Å². The number of hydrogen-bond acceptors (Lipinski definition) is 2. The maximum absolute atomic E-state index is 12.3. The van der Waals surface area contributed by atoms with E-state index in [-0.39, 0.29) is 5.91 Å². The molecule has 0 bridgehead atoms.